The van der Waals surface area contributed by atoms with Gasteiger partial charge in [0.25, 0.3) is 0 Å². The number of thioether (sulfide) groups is 1. The molecule has 0 heterocycles. The van der Waals surface area contributed by atoms with E-state index >= 15 is 0 Å². The molecule has 2 N–H and O–H groups in total. The zero-order valence-corrected chi connectivity index (χ0v) is 11.7. The van der Waals surface area contributed by atoms with E-state index in [4.69, 9.17) is 9.84 Å². The van der Waals surface area contributed by atoms with Crippen LogP contribution in [-0.2, 0) is 16.1 Å². The summed E-state index contributed by atoms with van der Waals surface area (Å²) in [7, 11) is 0. The van der Waals surface area contributed by atoms with Crippen LogP contribution < -0.4 is 5.32 Å². The third-order valence-corrected chi connectivity index (χ3v) is 3.36. The van der Waals surface area contributed by atoms with Gasteiger partial charge in [-0.3, -0.25) is 0 Å². The molecule has 0 saturated carbocycles. The van der Waals surface area contributed by atoms with Crippen LogP contribution in [0.1, 0.15) is 12.5 Å². The molecule has 0 radical (unpaired) electrons. The lowest BCUT2D eigenvalue weighted by molar-refractivity contribution is -0.142. The average Bonchev–Trinajstić information content (AvgIpc) is 2.37. The lowest BCUT2D eigenvalue weighted by Gasteiger charge is -2.24. The third kappa shape index (κ3) is 4.82. The summed E-state index contributed by atoms with van der Waals surface area (Å²) in [4.78, 5) is 22.7. The Morgan fingerprint density at radius 3 is 2.53 bits per heavy atom. The van der Waals surface area contributed by atoms with E-state index in [1.54, 1.807) is 6.26 Å². The number of carbonyl (C=O) groups is 2. The highest BCUT2D eigenvalue weighted by Crippen LogP contribution is 2.12. The smallest absolute Gasteiger partial charge is 0.408 e. The normalized spacial score (nSPS) is 13.4. The molecule has 19 heavy (non-hydrogen) atoms. The van der Waals surface area contributed by atoms with Gasteiger partial charge in [0.1, 0.15) is 12.1 Å². The lowest BCUT2D eigenvalue weighted by Crippen LogP contribution is -2.54. The van der Waals surface area contributed by atoms with E-state index in [0.29, 0.717) is 0 Å². The molecule has 1 aromatic rings. The number of carboxylic acid groups (broad SMARTS) is 1. The monoisotopic (exact) mass is 283 g/mol. The van der Waals surface area contributed by atoms with Gasteiger partial charge in [0, 0.05) is 5.75 Å². The van der Waals surface area contributed by atoms with Crippen molar-refractivity contribution in [3.63, 3.8) is 0 Å². The summed E-state index contributed by atoms with van der Waals surface area (Å²) in [6.07, 6.45) is 1.04. The first-order chi connectivity index (χ1) is 8.98. The summed E-state index contributed by atoms with van der Waals surface area (Å²) < 4.78 is 5.00. The molecule has 0 spiro atoms. The van der Waals surface area contributed by atoms with Crippen LogP contribution in [0, 0.1) is 0 Å². The van der Waals surface area contributed by atoms with Gasteiger partial charge in [0.05, 0.1) is 0 Å². The van der Waals surface area contributed by atoms with Crippen molar-refractivity contribution >= 4 is 23.8 Å². The number of amides is 1. The fourth-order valence-corrected chi connectivity index (χ4v) is 2.20. The average molecular weight is 283 g/mol. The van der Waals surface area contributed by atoms with Crippen LogP contribution in [0.3, 0.4) is 0 Å². The first-order valence-corrected chi connectivity index (χ1v) is 7.08. The summed E-state index contributed by atoms with van der Waals surface area (Å²) in [6, 6.07) is 9.19. The topological polar surface area (TPSA) is 75.6 Å². The maximum Gasteiger partial charge on any atom is 0.408 e. The maximum atomic E-state index is 11.6. The number of hydrogen-bond acceptors (Lipinski definition) is 4. The second-order valence-electron chi connectivity index (χ2n) is 4.26. The minimum absolute atomic E-state index is 0.113. The van der Waals surface area contributed by atoms with Crippen molar-refractivity contribution in [1.29, 1.82) is 0 Å². The molecule has 0 aliphatic carbocycles. The van der Waals surface area contributed by atoms with Crippen molar-refractivity contribution in [2.24, 2.45) is 0 Å². The molecular weight excluding hydrogens is 266 g/mol. The van der Waals surface area contributed by atoms with Crippen LogP contribution in [0.25, 0.3) is 0 Å². The van der Waals surface area contributed by atoms with Crippen molar-refractivity contribution in [2.75, 3.05) is 12.0 Å². The summed E-state index contributed by atoms with van der Waals surface area (Å²) >= 11 is 1.34. The third-order valence-electron chi connectivity index (χ3n) is 2.50. The summed E-state index contributed by atoms with van der Waals surface area (Å²) in [6.45, 7) is 1.57. The van der Waals surface area contributed by atoms with E-state index in [0.717, 1.165) is 5.56 Å². The minimum Gasteiger partial charge on any atom is -0.479 e. The fourth-order valence-electron chi connectivity index (χ4n) is 1.42. The summed E-state index contributed by atoms with van der Waals surface area (Å²) in [5.41, 5.74) is -0.479. The second kappa shape index (κ2) is 7.04. The summed E-state index contributed by atoms with van der Waals surface area (Å²) in [5.74, 6) is -0.818. The molecule has 1 aromatic carbocycles. The zero-order valence-electron chi connectivity index (χ0n) is 10.9. The second-order valence-corrected chi connectivity index (χ2v) is 5.12. The van der Waals surface area contributed by atoms with Crippen molar-refractivity contribution in [3.05, 3.63) is 35.9 Å². The minimum atomic E-state index is -1.33. The van der Waals surface area contributed by atoms with Crippen LogP contribution >= 0.6 is 11.8 Å². The first-order valence-electron chi connectivity index (χ1n) is 5.69. The maximum absolute atomic E-state index is 11.6. The number of carbonyl (C=O) groups excluding carboxylic acids is 1. The SMILES string of the molecule is CSCC(C)(NC(=O)OCc1ccccc1)C(=O)O. The molecule has 1 unspecified atom stereocenters. The predicted octanol–water partition coefficient (Wildman–Crippen LogP) is 2.12. The molecule has 0 aliphatic heterocycles. The Labute approximate surface area is 116 Å². The summed E-state index contributed by atoms with van der Waals surface area (Å²) in [5, 5.41) is 11.5. The van der Waals surface area contributed by atoms with E-state index in [1.165, 1.54) is 18.7 Å². The number of rotatable bonds is 6. The van der Waals surface area contributed by atoms with Gasteiger partial charge in [-0.25, -0.2) is 9.59 Å². The standard InChI is InChI=1S/C13H17NO4S/c1-13(9-19-2,11(15)16)14-12(17)18-8-10-6-4-3-5-7-10/h3-7H,8-9H2,1-2H3,(H,14,17)(H,15,16). The molecule has 0 bridgehead atoms. The van der Waals surface area contributed by atoms with Crippen molar-refractivity contribution < 1.29 is 19.4 Å². The van der Waals surface area contributed by atoms with Gasteiger partial charge < -0.3 is 15.2 Å². The highest BCUT2D eigenvalue weighted by molar-refractivity contribution is 7.98. The van der Waals surface area contributed by atoms with Crippen LogP contribution in [0.5, 0.6) is 0 Å². The highest BCUT2D eigenvalue weighted by atomic mass is 32.2. The van der Waals surface area contributed by atoms with Crippen molar-refractivity contribution in [1.82, 2.24) is 5.32 Å². The number of alkyl carbamates (subject to hydrolysis) is 1. The number of hydrogen-bond donors (Lipinski definition) is 2. The quantitative estimate of drug-likeness (QED) is 0.836. The molecule has 0 saturated heterocycles. The predicted molar refractivity (Wildman–Crippen MR) is 74.2 cm³/mol. The lowest BCUT2D eigenvalue weighted by atomic mass is 10.1. The molecule has 0 aliphatic rings. The number of ether oxygens (including phenoxy) is 1. The van der Waals surface area contributed by atoms with Crippen molar-refractivity contribution in [2.45, 2.75) is 19.1 Å². The highest BCUT2D eigenvalue weighted by Gasteiger charge is 2.34. The Hall–Kier alpha value is -1.69. The van der Waals surface area contributed by atoms with Gasteiger partial charge in [-0.05, 0) is 18.7 Å². The Bertz CT molecular complexity index is 438. The number of benzene rings is 1. The van der Waals surface area contributed by atoms with Crippen LogP contribution in [-0.4, -0.2) is 34.7 Å². The number of carboxylic acids is 1. The van der Waals surface area contributed by atoms with Gasteiger partial charge in [-0.1, -0.05) is 30.3 Å². The molecule has 0 aromatic heterocycles. The van der Waals surface area contributed by atoms with Crippen LogP contribution in [0.4, 0.5) is 4.79 Å². The molecule has 104 valence electrons. The van der Waals surface area contributed by atoms with E-state index in [9.17, 15) is 9.59 Å². The molecule has 1 rings (SSSR count). The zero-order chi connectivity index (χ0) is 14.3. The Morgan fingerprint density at radius 1 is 1.37 bits per heavy atom. The van der Waals surface area contributed by atoms with E-state index < -0.39 is 17.6 Å². The largest absolute Gasteiger partial charge is 0.479 e. The van der Waals surface area contributed by atoms with Crippen LogP contribution in [0.2, 0.25) is 0 Å². The van der Waals surface area contributed by atoms with E-state index in [1.807, 2.05) is 30.3 Å². The van der Waals surface area contributed by atoms with E-state index in [2.05, 4.69) is 5.32 Å². The number of nitrogens with one attached hydrogen (secondary N) is 1. The van der Waals surface area contributed by atoms with Gasteiger partial charge in [0.15, 0.2) is 0 Å². The molecule has 1 amide bonds. The van der Waals surface area contributed by atoms with Gasteiger partial charge in [0.2, 0.25) is 0 Å². The first kappa shape index (κ1) is 15.4. The Balaban J connectivity index is 2.52. The van der Waals surface area contributed by atoms with Gasteiger partial charge >= 0.3 is 12.1 Å². The number of aliphatic carboxylic acids is 1. The Morgan fingerprint density at radius 2 is 2.00 bits per heavy atom. The molecule has 6 heteroatoms. The molecular formula is C13H17NO4S. The Kier molecular flexibility index (Phi) is 5.69. The van der Waals surface area contributed by atoms with Crippen LogP contribution in [0.15, 0.2) is 30.3 Å². The fraction of sp³-hybridized carbons (Fsp3) is 0.385. The molecule has 0 fully saturated rings. The van der Waals surface area contributed by atoms with Gasteiger partial charge in [-0.2, -0.15) is 11.8 Å². The molecule has 5 nitrogen and oxygen atoms in total. The molecule has 1 atom stereocenters. The van der Waals surface area contributed by atoms with E-state index in [-0.39, 0.29) is 12.4 Å². The van der Waals surface area contributed by atoms with Gasteiger partial charge in [-0.15, -0.1) is 0 Å². The van der Waals surface area contributed by atoms with Crippen molar-refractivity contribution in [3.8, 4) is 0 Å².